The third kappa shape index (κ3) is 36.5. The summed E-state index contributed by atoms with van der Waals surface area (Å²) in [7, 11) is 2.21. The molecule has 0 radical (unpaired) electrons. The zero-order valence-corrected chi connectivity index (χ0v) is 36.9. The highest BCUT2D eigenvalue weighted by Crippen LogP contribution is 2.18. The van der Waals surface area contributed by atoms with Crippen LogP contribution in [0.15, 0.2) is 48.6 Å². The van der Waals surface area contributed by atoms with Gasteiger partial charge in [-0.05, 0) is 84.1 Å². The molecular formula is C51H95NO2. The molecule has 0 aromatic carbocycles. The van der Waals surface area contributed by atoms with Gasteiger partial charge in [0, 0.05) is 26.3 Å². The molecule has 0 unspecified atom stereocenters. The maximum absolute atomic E-state index is 6.34. The molecule has 1 aliphatic heterocycles. The van der Waals surface area contributed by atoms with Gasteiger partial charge < -0.3 is 14.4 Å². The zero-order valence-electron chi connectivity index (χ0n) is 36.9. The number of allylic oxidation sites excluding steroid dienone is 8. The maximum atomic E-state index is 6.34. The van der Waals surface area contributed by atoms with E-state index in [0.29, 0.717) is 0 Å². The summed E-state index contributed by atoms with van der Waals surface area (Å²) in [6.07, 6.45) is 65.0. The molecule has 316 valence electrons. The molecule has 1 heterocycles. The van der Waals surface area contributed by atoms with Crippen molar-refractivity contribution in [3.05, 3.63) is 48.6 Å². The van der Waals surface area contributed by atoms with Crippen molar-refractivity contribution in [2.75, 3.05) is 33.4 Å². The van der Waals surface area contributed by atoms with Gasteiger partial charge in [0.15, 0.2) is 0 Å². The van der Waals surface area contributed by atoms with Gasteiger partial charge >= 0.3 is 0 Å². The molecule has 54 heavy (non-hydrogen) atoms. The number of rotatable bonds is 42. The quantitative estimate of drug-likeness (QED) is 0.0458. The van der Waals surface area contributed by atoms with E-state index in [1.165, 1.54) is 205 Å². The molecule has 0 aliphatic carbocycles. The van der Waals surface area contributed by atoms with Crippen molar-refractivity contribution in [3.63, 3.8) is 0 Å². The second-order valence-electron chi connectivity index (χ2n) is 16.7. The fourth-order valence-electron chi connectivity index (χ4n) is 7.66. The summed E-state index contributed by atoms with van der Waals surface area (Å²) in [4.78, 5) is 2.38. The van der Waals surface area contributed by atoms with Crippen molar-refractivity contribution < 1.29 is 9.47 Å². The second-order valence-corrected chi connectivity index (χ2v) is 16.7. The Hall–Kier alpha value is -1.16. The topological polar surface area (TPSA) is 21.7 Å². The number of unbranched alkanes of at least 4 members (excludes halogenated alkanes) is 28. The first-order chi connectivity index (χ1) is 26.8. The van der Waals surface area contributed by atoms with Crippen LogP contribution in [0.4, 0.5) is 0 Å². The summed E-state index contributed by atoms with van der Waals surface area (Å²) in [6, 6.07) is 0. The van der Waals surface area contributed by atoms with Gasteiger partial charge in [0.1, 0.15) is 0 Å². The van der Waals surface area contributed by atoms with Gasteiger partial charge in [0.25, 0.3) is 0 Å². The molecule has 0 amide bonds. The van der Waals surface area contributed by atoms with Crippen LogP contribution in [0, 0.1) is 0 Å². The third-order valence-electron chi connectivity index (χ3n) is 11.3. The Bertz CT molecular complexity index is 778. The van der Waals surface area contributed by atoms with Crippen LogP contribution in [0.1, 0.15) is 232 Å². The number of ether oxygens (including phenoxy) is 2. The first-order valence-corrected chi connectivity index (χ1v) is 24.3. The number of likely N-dealkylation sites (N-methyl/N-ethyl adjacent to an activating group) is 1. The lowest BCUT2D eigenvalue weighted by Crippen LogP contribution is -2.30. The molecular weight excluding hydrogens is 659 g/mol. The molecule has 0 bridgehead atoms. The predicted octanol–water partition coefficient (Wildman–Crippen LogP) is 16.2. The van der Waals surface area contributed by atoms with E-state index in [1.807, 2.05) is 0 Å². The van der Waals surface area contributed by atoms with Gasteiger partial charge in [0.05, 0.1) is 12.2 Å². The van der Waals surface area contributed by atoms with E-state index in [2.05, 4.69) is 74.4 Å². The molecule has 1 rings (SSSR count). The van der Waals surface area contributed by atoms with E-state index < -0.39 is 0 Å². The smallest absolute Gasteiger partial charge is 0.0975 e. The summed E-state index contributed by atoms with van der Waals surface area (Å²) in [5.74, 6) is 0. The summed E-state index contributed by atoms with van der Waals surface area (Å²) in [5, 5.41) is 0. The van der Waals surface area contributed by atoms with Gasteiger partial charge in [0.2, 0.25) is 0 Å². The third-order valence-corrected chi connectivity index (χ3v) is 11.3. The molecule has 1 saturated heterocycles. The average Bonchev–Trinajstić information content (AvgIpc) is 3.54. The maximum Gasteiger partial charge on any atom is 0.0975 e. The van der Waals surface area contributed by atoms with E-state index in [-0.39, 0.29) is 12.2 Å². The Morgan fingerprint density at radius 3 is 0.907 bits per heavy atom. The van der Waals surface area contributed by atoms with Crippen LogP contribution in [-0.2, 0) is 9.47 Å². The molecule has 1 fully saturated rings. The minimum Gasteiger partial charge on any atom is -0.374 e. The molecule has 0 aromatic rings. The van der Waals surface area contributed by atoms with Crippen LogP contribution in [0.3, 0.4) is 0 Å². The molecule has 2 atom stereocenters. The molecule has 0 spiro atoms. The van der Waals surface area contributed by atoms with E-state index >= 15 is 0 Å². The standard InChI is InChI=1S/C51H95NO2/c1-4-6-8-10-12-14-16-18-20-22-24-26-28-30-32-34-36-38-40-42-44-46-53-50-48-52(3)49-51(50)54-47-45-43-41-39-37-35-33-31-29-27-25-23-21-19-17-15-13-11-9-7-5-2/h18-21,24-27,50-51H,4-17,22-23,28-49H2,1-3H3/b20-18-,21-19-,26-24-,27-25-/t50-,51-/m1/s1. The largest absolute Gasteiger partial charge is 0.374 e. The van der Waals surface area contributed by atoms with Crippen LogP contribution < -0.4 is 0 Å². The Morgan fingerprint density at radius 2 is 0.611 bits per heavy atom. The van der Waals surface area contributed by atoms with Crippen LogP contribution >= 0.6 is 0 Å². The lowest BCUT2D eigenvalue weighted by atomic mass is 10.1. The minimum absolute atomic E-state index is 0.256. The van der Waals surface area contributed by atoms with Crippen LogP contribution in [-0.4, -0.2) is 50.5 Å². The first-order valence-electron chi connectivity index (χ1n) is 24.3. The SMILES string of the molecule is CCCCCCCC/C=C\C/C=C\CCCCCCCCCCO[C@@H]1CN(C)C[C@H]1OCCCCCCCCCC/C=C\C/C=C\CCCCCCCC. The number of nitrogens with zero attached hydrogens (tertiary/aromatic N) is 1. The Labute approximate surface area is 339 Å². The fraction of sp³-hybridized carbons (Fsp3) is 0.843. The molecule has 0 aromatic heterocycles. The van der Waals surface area contributed by atoms with Crippen molar-refractivity contribution in [3.8, 4) is 0 Å². The molecule has 3 heteroatoms. The van der Waals surface area contributed by atoms with Crippen molar-refractivity contribution in [2.24, 2.45) is 0 Å². The Kier molecular flexibility index (Phi) is 40.5. The molecule has 3 nitrogen and oxygen atoms in total. The minimum atomic E-state index is 0.256. The number of likely N-dealkylation sites (tertiary alicyclic amines) is 1. The lowest BCUT2D eigenvalue weighted by Gasteiger charge is -2.20. The lowest BCUT2D eigenvalue weighted by molar-refractivity contribution is -0.0481. The summed E-state index contributed by atoms with van der Waals surface area (Å²) >= 11 is 0. The first kappa shape index (κ1) is 50.9. The van der Waals surface area contributed by atoms with Crippen molar-refractivity contribution in [1.82, 2.24) is 4.90 Å². The van der Waals surface area contributed by atoms with E-state index in [4.69, 9.17) is 9.47 Å². The van der Waals surface area contributed by atoms with Crippen molar-refractivity contribution in [1.29, 1.82) is 0 Å². The van der Waals surface area contributed by atoms with Crippen LogP contribution in [0.5, 0.6) is 0 Å². The van der Waals surface area contributed by atoms with E-state index in [1.54, 1.807) is 0 Å². The van der Waals surface area contributed by atoms with Gasteiger partial charge in [-0.1, -0.05) is 204 Å². The average molecular weight is 754 g/mol. The number of hydrogen-bond acceptors (Lipinski definition) is 3. The Balaban J connectivity index is 1.85. The fourth-order valence-corrected chi connectivity index (χ4v) is 7.66. The van der Waals surface area contributed by atoms with Gasteiger partial charge in [-0.15, -0.1) is 0 Å². The normalized spacial score (nSPS) is 16.9. The van der Waals surface area contributed by atoms with Crippen LogP contribution in [0.2, 0.25) is 0 Å². The second kappa shape index (κ2) is 43.0. The predicted molar refractivity (Wildman–Crippen MR) is 242 cm³/mol. The van der Waals surface area contributed by atoms with Crippen LogP contribution in [0.25, 0.3) is 0 Å². The Morgan fingerprint density at radius 1 is 0.352 bits per heavy atom. The van der Waals surface area contributed by atoms with E-state index in [0.717, 1.165) is 39.1 Å². The monoisotopic (exact) mass is 754 g/mol. The van der Waals surface area contributed by atoms with E-state index in [9.17, 15) is 0 Å². The molecule has 0 N–H and O–H groups in total. The summed E-state index contributed by atoms with van der Waals surface area (Å²) in [6.45, 7) is 8.40. The highest BCUT2D eigenvalue weighted by molar-refractivity contribution is 4.93. The summed E-state index contributed by atoms with van der Waals surface area (Å²) < 4.78 is 12.7. The van der Waals surface area contributed by atoms with Crippen molar-refractivity contribution in [2.45, 2.75) is 244 Å². The van der Waals surface area contributed by atoms with Gasteiger partial charge in [-0.2, -0.15) is 0 Å². The highest BCUT2D eigenvalue weighted by Gasteiger charge is 2.32. The zero-order chi connectivity index (χ0) is 38.7. The van der Waals surface area contributed by atoms with Gasteiger partial charge in [-0.25, -0.2) is 0 Å². The highest BCUT2D eigenvalue weighted by atomic mass is 16.5. The molecule has 0 saturated carbocycles. The number of hydrogen-bond donors (Lipinski definition) is 0. The van der Waals surface area contributed by atoms with Gasteiger partial charge in [-0.3, -0.25) is 0 Å². The summed E-state index contributed by atoms with van der Waals surface area (Å²) in [5.41, 5.74) is 0. The molecule has 1 aliphatic rings. The van der Waals surface area contributed by atoms with Crippen molar-refractivity contribution >= 4 is 0 Å².